The number of hydrogen-bond acceptors (Lipinski definition) is 2. The molecule has 78 valence electrons. The molecule has 1 aromatic heterocycles. The van der Waals surface area contributed by atoms with Crippen molar-refractivity contribution in [1.82, 2.24) is 4.57 Å². The van der Waals surface area contributed by atoms with Crippen LogP contribution in [0.3, 0.4) is 0 Å². The highest BCUT2D eigenvalue weighted by Gasteiger charge is 2.10. The number of methoxy groups -OCH3 is 1. The number of aryl methyl sites for hydroxylation is 1. The van der Waals surface area contributed by atoms with Crippen molar-refractivity contribution in [3.63, 3.8) is 0 Å². The second-order valence-corrected chi connectivity index (χ2v) is 3.38. The number of hydrogen-bond donors (Lipinski definition) is 1. The number of carbonyl (C=O) groups excluding carboxylic acids is 1. The molecule has 0 bridgehead atoms. The van der Waals surface area contributed by atoms with E-state index in [0.717, 1.165) is 16.7 Å². The van der Waals surface area contributed by atoms with Crippen molar-refractivity contribution in [3.05, 3.63) is 30.0 Å². The fourth-order valence-electron chi connectivity index (χ4n) is 1.67. The van der Waals surface area contributed by atoms with E-state index in [9.17, 15) is 4.79 Å². The summed E-state index contributed by atoms with van der Waals surface area (Å²) in [6, 6.07) is 7.41. The lowest BCUT2D eigenvalue weighted by molar-refractivity contribution is 0.0993. The zero-order valence-electron chi connectivity index (χ0n) is 8.65. The quantitative estimate of drug-likeness (QED) is 0.801. The lowest BCUT2D eigenvalue weighted by Crippen LogP contribution is -2.14. The summed E-state index contributed by atoms with van der Waals surface area (Å²) in [7, 11) is 3.42. The van der Waals surface area contributed by atoms with Gasteiger partial charge in [-0.05, 0) is 18.2 Å². The zero-order chi connectivity index (χ0) is 11.0. The first-order valence-electron chi connectivity index (χ1n) is 4.56. The van der Waals surface area contributed by atoms with Gasteiger partial charge in [0.15, 0.2) is 0 Å². The van der Waals surface area contributed by atoms with E-state index in [2.05, 4.69) is 0 Å². The van der Waals surface area contributed by atoms with Crippen LogP contribution in [0, 0.1) is 0 Å². The Kier molecular flexibility index (Phi) is 2.11. The summed E-state index contributed by atoms with van der Waals surface area (Å²) in [5.74, 6) is 0.340. The highest BCUT2D eigenvalue weighted by Crippen LogP contribution is 2.23. The van der Waals surface area contributed by atoms with Crippen LogP contribution >= 0.6 is 0 Å². The predicted octanol–water partition coefficient (Wildman–Crippen LogP) is 1.29. The van der Waals surface area contributed by atoms with Crippen molar-refractivity contribution in [2.75, 3.05) is 7.11 Å². The molecule has 0 saturated carbocycles. The van der Waals surface area contributed by atoms with Gasteiger partial charge in [0.1, 0.15) is 11.4 Å². The van der Waals surface area contributed by atoms with Gasteiger partial charge in [-0.15, -0.1) is 0 Å². The zero-order valence-corrected chi connectivity index (χ0v) is 8.65. The monoisotopic (exact) mass is 204 g/mol. The van der Waals surface area contributed by atoms with Gasteiger partial charge in [-0.1, -0.05) is 0 Å². The Morgan fingerprint density at radius 1 is 1.40 bits per heavy atom. The van der Waals surface area contributed by atoms with Crippen LogP contribution in [-0.2, 0) is 7.05 Å². The molecule has 4 heteroatoms. The van der Waals surface area contributed by atoms with Gasteiger partial charge in [-0.2, -0.15) is 0 Å². The van der Waals surface area contributed by atoms with Crippen LogP contribution in [0.15, 0.2) is 24.3 Å². The van der Waals surface area contributed by atoms with Crippen molar-refractivity contribution in [2.24, 2.45) is 12.8 Å². The highest BCUT2D eigenvalue weighted by molar-refractivity contribution is 5.98. The van der Waals surface area contributed by atoms with E-state index in [-0.39, 0.29) is 0 Å². The fraction of sp³-hybridized carbons (Fsp3) is 0.182. The van der Waals surface area contributed by atoms with Crippen LogP contribution < -0.4 is 10.5 Å². The normalized spacial score (nSPS) is 10.5. The molecular formula is C11H12N2O2. The molecular weight excluding hydrogens is 192 g/mol. The van der Waals surface area contributed by atoms with E-state index in [1.807, 2.05) is 25.2 Å². The Bertz CT molecular complexity index is 529. The van der Waals surface area contributed by atoms with Crippen LogP contribution in [0.1, 0.15) is 10.5 Å². The molecule has 1 amide bonds. The minimum atomic E-state index is -0.423. The molecule has 0 atom stereocenters. The molecule has 2 N–H and O–H groups in total. The molecule has 0 aliphatic rings. The SMILES string of the molecule is COc1ccc2cc(C(N)=O)n(C)c2c1. The Labute approximate surface area is 87.2 Å². The summed E-state index contributed by atoms with van der Waals surface area (Å²) in [5.41, 5.74) is 6.69. The van der Waals surface area contributed by atoms with E-state index in [4.69, 9.17) is 10.5 Å². The van der Waals surface area contributed by atoms with Gasteiger partial charge in [0.05, 0.1) is 12.6 Å². The molecule has 4 nitrogen and oxygen atoms in total. The first-order chi connectivity index (χ1) is 7.13. The number of benzene rings is 1. The Morgan fingerprint density at radius 2 is 2.13 bits per heavy atom. The second-order valence-electron chi connectivity index (χ2n) is 3.38. The minimum absolute atomic E-state index is 0.423. The van der Waals surface area contributed by atoms with Crippen molar-refractivity contribution < 1.29 is 9.53 Å². The molecule has 0 spiro atoms. The van der Waals surface area contributed by atoms with Gasteiger partial charge in [0.25, 0.3) is 5.91 Å². The van der Waals surface area contributed by atoms with Crippen molar-refractivity contribution in [1.29, 1.82) is 0 Å². The van der Waals surface area contributed by atoms with E-state index in [0.29, 0.717) is 5.69 Å². The average molecular weight is 204 g/mol. The molecule has 0 unspecified atom stereocenters. The summed E-state index contributed by atoms with van der Waals surface area (Å²) < 4.78 is 6.88. The molecule has 0 radical (unpaired) electrons. The minimum Gasteiger partial charge on any atom is -0.497 e. The summed E-state index contributed by atoms with van der Waals surface area (Å²) in [6.07, 6.45) is 0. The maximum atomic E-state index is 11.1. The largest absolute Gasteiger partial charge is 0.497 e. The van der Waals surface area contributed by atoms with Crippen molar-refractivity contribution >= 4 is 16.8 Å². The predicted molar refractivity (Wildman–Crippen MR) is 58.0 cm³/mol. The molecule has 0 fully saturated rings. The van der Waals surface area contributed by atoms with Crippen LogP contribution in [0.2, 0.25) is 0 Å². The van der Waals surface area contributed by atoms with E-state index in [1.165, 1.54) is 0 Å². The number of fused-ring (bicyclic) bond motifs is 1. The van der Waals surface area contributed by atoms with Crippen LogP contribution in [-0.4, -0.2) is 17.6 Å². The van der Waals surface area contributed by atoms with Gasteiger partial charge in [-0.3, -0.25) is 4.79 Å². The smallest absolute Gasteiger partial charge is 0.265 e. The third kappa shape index (κ3) is 1.44. The fourth-order valence-corrected chi connectivity index (χ4v) is 1.67. The summed E-state index contributed by atoms with van der Waals surface area (Å²) in [5, 5.41) is 0.979. The van der Waals surface area contributed by atoms with Crippen LogP contribution in [0.4, 0.5) is 0 Å². The number of nitrogens with zero attached hydrogens (tertiary/aromatic N) is 1. The summed E-state index contributed by atoms with van der Waals surface area (Å²) >= 11 is 0. The third-order valence-electron chi connectivity index (χ3n) is 2.50. The number of carbonyl (C=O) groups is 1. The van der Waals surface area contributed by atoms with Crippen LogP contribution in [0.25, 0.3) is 10.9 Å². The van der Waals surface area contributed by atoms with Gasteiger partial charge in [0.2, 0.25) is 0 Å². The number of primary amides is 1. The number of aromatic nitrogens is 1. The molecule has 2 aromatic rings. The highest BCUT2D eigenvalue weighted by atomic mass is 16.5. The van der Waals surface area contributed by atoms with Gasteiger partial charge in [-0.25, -0.2) is 0 Å². The Morgan fingerprint density at radius 3 is 2.73 bits per heavy atom. The third-order valence-corrected chi connectivity index (χ3v) is 2.50. The standard InChI is InChI=1S/C11H12N2O2/c1-13-9-6-8(15-2)4-3-7(9)5-10(13)11(12)14/h3-6H,1-2H3,(H2,12,14). The lowest BCUT2D eigenvalue weighted by atomic mass is 10.2. The molecule has 0 aliphatic heterocycles. The maximum absolute atomic E-state index is 11.1. The average Bonchev–Trinajstić information content (AvgIpc) is 2.56. The van der Waals surface area contributed by atoms with E-state index < -0.39 is 5.91 Å². The number of ether oxygens (including phenoxy) is 1. The number of rotatable bonds is 2. The first-order valence-corrected chi connectivity index (χ1v) is 4.56. The Hall–Kier alpha value is -1.97. The molecule has 0 aliphatic carbocycles. The molecule has 1 aromatic carbocycles. The molecule has 15 heavy (non-hydrogen) atoms. The van der Waals surface area contributed by atoms with Gasteiger partial charge in [0, 0.05) is 18.5 Å². The number of amides is 1. The molecule has 1 heterocycles. The maximum Gasteiger partial charge on any atom is 0.265 e. The van der Waals surface area contributed by atoms with Crippen LogP contribution in [0.5, 0.6) is 5.75 Å². The molecule has 2 rings (SSSR count). The summed E-state index contributed by atoms with van der Waals surface area (Å²) in [6.45, 7) is 0. The van der Waals surface area contributed by atoms with Gasteiger partial charge < -0.3 is 15.0 Å². The van der Waals surface area contributed by atoms with Crippen molar-refractivity contribution in [2.45, 2.75) is 0 Å². The van der Waals surface area contributed by atoms with E-state index in [1.54, 1.807) is 17.7 Å². The topological polar surface area (TPSA) is 57.2 Å². The summed E-state index contributed by atoms with van der Waals surface area (Å²) in [4.78, 5) is 11.1. The van der Waals surface area contributed by atoms with Gasteiger partial charge >= 0.3 is 0 Å². The second kappa shape index (κ2) is 3.31. The number of nitrogens with two attached hydrogens (primary N) is 1. The first kappa shape index (κ1) is 9.58. The Balaban J connectivity index is 2.72. The van der Waals surface area contributed by atoms with E-state index >= 15 is 0 Å². The van der Waals surface area contributed by atoms with Crippen molar-refractivity contribution in [3.8, 4) is 5.75 Å². The molecule has 0 saturated heterocycles. The lowest BCUT2D eigenvalue weighted by Gasteiger charge is -2.02.